The Balaban J connectivity index is 1.71. The van der Waals surface area contributed by atoms with Crippen molar-refractivity contribution in [2.45, 2.75) is 19.0 Å². The van der Waals surface area contributed by atoms with E-state index in [0.29, 0.717) is 6.61 Å². The average molecular weight is 293 g/mol. The molecule has 0 saturated carbocycles. The largest absolute Gasteiger partial charge is 0.468 e. The molecule has 2 saturated heterocycles. The summed E-state index contributed by atoms with van der Waals surface area (Å²) < 4.78 is 22.7. The lowest BCUT2D eigenvalue weighted by Gasteiger charge is -2.21. The van der Waals surface area contributed by atoms with Crippen molar-refractivity contribution in [1.29, 1.82) is 0 Å². The molecule has 16 heavy (non-hydrogen) atoms. The predicted octanol–water partition coefficient (Wildman–Crippen LogP) is -1.14. The van der Waals surface area contributed by atoms with Gasteiger partial charge in [-0.1, -0.05) is 6.58 Å². The fourth-order valence-electron chi connectivity index (χ4n) is 1.82. The van der Waals surface area contributed by atoms with Gasteiger partial charge in [-0.15, -0.1) is 0 Å². The van der Waals surface area contributed by atoms with Crippen LogP contribution in [0.25, 0.3) is 0 Å². The Morgan fingerprint density at radius 1 is 1.50 bits per heavy atom. The molecule has 0 aromatic carbocycles. The Labute approximate surface area is 101 Å². The van der Waals surface area contributed by atoms with Gasteiger partial charge in [0, 0.05) is 12.1 Å². The summed E-state index contributed by atoms with van der Waals surface area (Å²) in [7, 11) is -4.41. The summed E-state index contributed by atoms with van der Waals surface area (Å²) in [5, 5.41) is 0. The number of hydrogen-bond donors (Lipinski definition) is 0. The Morgan fingerprint density at radius 2 is 2.19 bits per heavy atom. The molecule has 90 valence electrons. The zero-order chi connectivity index (χ0) is 11.6. The van der Waals surface area contributed by atoms with Gasteiger partial charge in [0.2, 0.25) is 7.35 Å². The fraction of sp³-hybridized carbons (Fsp3) is 0.571. The third-order valence-electron chi connectivity index (χ3n) is 2.64. The summed E-state index contributed by atoms with van der Waals surface area (Å²) >= 11 is 0. The van der Waals surface area contributed by atoms with E-state index < -0.39 is 34.7 Å². The summed E-state index contributed by atoms with van der Waals surface area (Å²) in [6, 6.07) is 0.806. The second-order valence-corrected chi connectivity index (χ2v) is 26.5. The molecule has 5 nitrogen and oxygen atoms in total. The molecule has 0 atom stereocenters. The summed E-state index contributed by atoms with van der Waals surface area (Å²) in [6.45, 7) is 5.99. The van der Waals surface area contributed by atoms with Crippen LogP contribution < -0.4 is 0 Å². The van der Waals surface area contributed by atoms with E-state index in [-0.39, 0.29) is 5.97 Å². The summed E-state index contributed by atoms with van der Waals surface area (Å²) in [6.07, 6.45) is 1.94. The molecule has 0 aromatic rings. The number of esters is 1. The van der Waals surface area contributed by atoms with Crippen LogP contribution >= 0.6 is 0 Å². The Kier molecular flexibility index (Phi) is 3.63. The molecule has 0 radical (unpaired) electrons. The van der Waals surface area contributed by atoms with Gasteiger partial charge in [-0.25, -0.2) is 4.79 Å². The number of carbonyl (C=O) groups is 1. The lowest BCUT2D eigenvalue weighted by Crippen LogP contribution is -2.45. The lowest BCUT2D eigenvalue weighted by molar-refractivity contribution is -0.137. The minimum atomic E-state index is -2.22. The van der Waals surface area contributed by atoms with E-state index in [2.05, 4.69) is 13.1 Å². The Bertz CT molecular complexity index is 301. The molecule has 2 bridgehead atoms. The maximum absolute atomic E-state index is 10.8. The van der Waals surface area contributed by atoms with Crippen LogP contribution in [-0.4, -0.2) is 47.3 Å². The first-order valence-corrected chi connectivity index (χ1v) is 15.5. The van der Waals surface area contributed by atoms with Crippen LogP contribution in [0.3, 0.4) is 0 Å². The van der Waals surface area contributed by atoms with Gasteiger partial charge < -0.3 is 17.1 Å². The Hall–Kier alpha value is -0.0425. The van der Waals surface area contributed by atoms with E-state index in [1.807, 2.05) is 0 Å². The highest BCUT2D eigenvalue weighted by molar-refractivity contribution is 7.50. The maximum atomic E-state index is 10.8. The van der Waals surface area contributed by atoms with E-state index in [1.54, 1.807) is 0 Å². The van der Waals surface area contributed by atoms with E-state index in [9.17, 15) is 4.79 Å². The zero-order valence-electron chi connectivity index (χ0n) is 9.36. The first-order chi connectivity index (χ1) is 7.58. The molecule has 0 spiro atoms. The molecule has 0 amide bonds. The molecule has 0 aromatic heterocycles. The van der Waals surface area contributed by atoms with Gasteiger partial charge in [-0.3, -0.25) is 0 Å². The maximum Gasteiger partial charge on any atom is 0.468 e. The van der Waals surface area contributed by atoms with Crippen LogP contribution in [0.2, 0.25) is 12.6 Å². The van der Waals surface area contributed by atoms with Crippen LogP contribution in [-0.2, 0) is 21.9 Å². The van der Waals surface area contributed by atoms with Crippen molar-refractivity contribution in [3.05, 3.63) is 12.7 Å². The molecule has 9 heteroatoms. The molecular formula is C7H16O5Si4. The van der Waals surface area contributed by atoms with E-state index >= 15 is 0 Å². The van der Waals surface area contributed by atoms with Crippen LogP contribution in [0.1, 0.15) is 6.42 Å². The number of ether oxygens (including phenoxy) is 1. The number of rotatable bonds is 5. The highest BCUT2D eigenvalue weighted by Gasteiger charge is 2.61. The normalized spacial score (nSPS) is 39.3. The number of carbonyl (C=O) groups excluding carboxylic acids is 1. The number of fused-ring (bicyclic) bond motifs is 2. The van der Waals surface area contributed by atoms with Crippen molar-refractivity contribution in [3.8, 4) is 0 Å². The van der Waals surface area contributed by atoms with Gasteiger partial charge in [0.05, 0.1) is 6.61 Å². The van der Waals surface area contributed by atoms with E-state index in [1.165, 1.54) is 6.08 Å². The van der Waals surface area contributed by atoms with Crippen LogP contribution in [0.4, 0.5) is 0 Å². The van der Waals surface area contributed by atoms with Crippen molar-refractivity contribution in [3.63, 3.8) is 0 Å². The monoisotopic (exact) mass is 292 g/mol. The minimum absolute atomic E-state index is 0.372. The SMILES string of the molecule is C=CC(=O)OCCC[Si]12O[SiH2][Si](C)(O1)[SiH2]O2. The van der Waals surface area contributed by atoms with E-state index in [4.69, 9.17) is 17.1 Å². The van der Waals surface area contributed by atoms with Crippen LogP contribution in [0.5, 0.6) is 0 Å². The standard InChI is InChI=1S/C7H16O5Si4/c1-3-7(8)9-5-4-6-16-10-13-15(2,12-16)14-11-16/h3H,1,4-6,13-14H2,2H3. The van der Waals surface area contributed by atoms with Crippen molar-refractivity contribution >= 4 is 40.7 Å². The van der Waals surface area contributed by atoms with Gasteiger partial charge in [0.15, 0.2) is 18.6 Å². The Morgan fingerprint density at radius 3 is 2.69 bits per heavy atom. The van der Waals surface area contributed by atoms with Gasteiger partial charge in [0.25, 0.3) is 0 Å². The molecule has 2 fully saturated rings. The molecule has 2 aliphatic rings. The fourth-order valence-corrected chi connectivity index (χ4v) is 35.3. The third kappa shape index (κ3) is 2.61. The van der Waals surface area contributed by atoms with Crippen LogP contribution in [0, 0.1) is 0 Å². The molecule has 0 aliphatic carbocycles. The highest BCUT2D eigenvalue weighted by atomic mass is 29.6. The third-order valence-corrected chi connectivity index (χ3v) is 25.2. The molecule has 2 aliphatic heterocycles. The zero-order valence-corrected chi connectivity index (χ0v) is 14.2. The molecular weight excluding hydrogens is 276 g/mol. The topological polar surface area (TPSA) is 54.0 Å². The summed E-state index contributed by atoms with van der Waals surface area (Å²) in [5.41, 5.74) is 0. The van der Waals surface area contributed by atoms with Crippen LogP contribution in [0.15, 0.2) is 12.7 Å². The predicted molar refractivity (Wildman–Crippen MR) is 68.3 cm³/mol. The molecule has 0 unspecified atom stereocenters. The second-order valence-electron chi connectivity index (χ2n) is 4.29. The smallest absolute Gasteiger partial charge is 0.463 e. The van der Waals surface area contributed by atoms with Gasteiger partial charge in [-0.2, -0.15) is 0 Å². The van der Waals surface area contributed by atoms with Crippen molar-refractivity contribution < 1.29 is 21.9 Å². The quantitative estimate of drug-likeness (QED) is 0.277. The van der Waals surface area contributed by atoms with Crippen molar-refractivity contribution in [2.75, 3.05) is 6.61 Å². The average Bonchev–Trinajstić information content (AvgIpc) is 2.78. The van der Waals surface area contributed by atoms with E-state index in [0.717, 1.165) is 12.5 Å². The minimum Gasteiger partial charge on any atom is -0.463 e. The summed E-state index contributed by atoms with van der Waals surface area (Å²) in [4.78, 5) is 10.8. The van der Waals surface area contributed by atoms with Gasteiger partial charge in [0.1, 0.15) is 0 Å². The van der Waals surface area contributed by atoms with Crippen molar-refractivity contribution in [1.82, 2.24) is 0 Å². The van der Waals surface area contributed by atoms with Gasteiger partial charge in [-0.05, 0) is 13.0 Å². The molecule has 2 heterocycles. The highest BCUT2D eigenvalue weighted by Crippen LogP contribution is 2.33. The second kappa shape index (κ2) is 4.68. The molecule has 2 rings (SSSR count). The lowest BCUT2D eigenvalue weighted by atomic mass is 10.5. The first-order valence-electron chi connectivity index (χ1n) is 5.35. The first kappa shape index (κ1) is 12.4. The number of hydrogen-bond acceptors (Lipinski definition) is 5. The van der Waals surface area contributed by atoms with Crippen molar-refractivity contribution in [2.24, 2.45) is 0 Å². The molecule has 0 N–H and O–H groups in total. The summed E-state index contributed by atoms with van der Waals surface area (Å²) in [5.74, 6) is -0.372. The van der Waals surface area contributed by atoms with Gasteiger partial charge >= 0.3 is 14.8 Å².